The van der Waals surface area contributed by atoms with E-state index in [9.17, 15) is 9.18 Å². The van der Waals surface area contributed by atoms with Gasteiger partial charge in [0.25, 0.3) is 0 Å². The Labute approximate surface area is 91.2 Å². The van der Waals surface area contributed by atoms with E-state index in [0.29, 0.717) is 0 Å². The van der Waals surface area contributed by atoms with Gasteiger partial charge in [-0.1, -0.05) is 39.7 Å². The molecule has 0 fully saturated rings. The molecule has 0 radical (unpaired) electrons. The normalized spacial score (nSPS) is 14.6. The molecule has 3 heteroatoms. The van der Waals surface area contributed by atoms with Crippen LogP contribution in [0.1, 0.15) is 52.4 Å². The molecular weight excluding hydrogens is 195 g/mol. The summed E-state index contributed by atoms with van der Waals surface area (Å²) in [6.45, 7) is 7.06. The van der Waals surface area contributed by atoms with Gasteiger partial charge in [-0.25, -0.2) is 9.18 Å². The maximum atomic E-state index is 14.1. The third kappa shape index (κ3) is 4.45. The van der Waals surface area contributed by atoms with Crippen molar-refractivity contribution in [3.05, 3.63) is 12.2 Å². The summed E-state index contributed by atoms with van der Waals surface area (Å²) in [5, 5.41) is 8.71. The quantitative estimate of drug-likeness (QED) is 0.496. The molecule has 0 saturated carbocycles. The van der Waals surface area contributed by atoms with E-state index in [1.165, 1.54) is 0 Å². The minimum atomic E-state index is -1.72. The third-order valence-corrected chi connectivity index (χ3v) is 2.79. The fourth-order valence-corrected chi connectivity index (χ4v) is 1.56. The standard InChI is InChI=1S/C12H21FO2/c1-4-6-7-8-9-12(13,5-2)10(3)11(14)15/h3-9H2,1-2H3,(H,14,15). The van der Waals surface area contributed by atoms with Gasteiger partial charge in [0.15, 0.2) is 0 Å². The summed E-state index contributed by atoms with van der Waals surface area (Å²) in [7, 11) is 0. The molecule has 0 amide bonds. The average Bonchev–Trinajstić information content (AvgIpc) is 2.23. The Bertz CT molecular complexity index is 226. The molecule has 0 aromatic heterocycles. The summed E-state index contributed by atoms with van der Waals surface area (Å²) < 4.78 is 14.1. The van der Waals surface area contributed by atoms with E-state index in [0.717, 1.165) is 25.7 Å². The number of carbonyl (C=O) groups is 1. The van der Waals surface area contributed by atoms with Crippen LogP contribution < -0.4 is 0 Å². The zero-order valence-corrected chi connectivity index (χ0v) is 9.68. The molecule has 0 aromatic carbocycles. The van der Waals surface area contributed by atoms with Crippen molar-refractivity contribution < 1.29 is 14.3 Å². The van der Waals surface area contributed by atoms with E-state index in [1.54, 1.807) is 6.92 Å². The van der Waals surface area contributed by atoms with E-state index in [4.69, 9.17) is 5.11 Å². The van der Waals surface area contributed by atoms with Gasteiger partial charge in [0.1, 0.15) is 5.67 Å². The van der Waals surface area contributed by atoms with Crippen molar-refractivity contribution in [3.8, 4) is 0 Å². The summed E-state index contributed by atoms with van der Waals surface area (Å²) >= 11 is 0. The Hall–Kier alpha value is -0.860. The van der Waals surface area contributed by atoms with Crippen molar-refractivity contribution >= 4 is 5.97 Å². The number of unbranched alkanes of at least 4 members (excludes halogenated alkanes) is 3. The second-order valence-electron chi connectivity index (χ2n) is 3.91. The van der Waals surface area contributed by atoms with E-state index in [2.05, 4.69) is 13.5 Å². The first-order valence-electron chi connectivity index (χ1n) is 5.59. The van der Waals surface area contributed by atoms with Crippen molar-refractivity contribution in [1.82, 2.24) is 0 Å². The Morgan fingerprint density at radius 1 is 1.33 bits per heavy atom. The second kappa shape index (κ2) is 6.59. The number of hydrogen-bond acceptors (Lipinski definition) is 1. The lowest BCUT2D eigenvalue weighted by molar-refractivity contribution is -0.134. The maximum absolute atomic E-state index is 14.1. The van der Waals surface area contributed by atoms with Gasteiger partial charge in [-0.3, -0.25) is 0 Å². The molecule has 0 aliphatic heterocycles. The van der Waals surface area contributed by atoms with Crippen LogP contribution >= 0.6 is 0 Å². The smallest absolute Gasteiger partial charge is 0.334 e. The highest BCUT2D eigenvalue weighted by molar-refractivity contribution is 5.88. The first-order chi connectivity index (χ1) is 6.98. The van der Waals surface area contributed by atoms with E-state index in [1.807, 2.05) is 0 Å². The highest BCUT2D eigenvalue weighted by Gasteiger charge is 2.34. The van der Waals surface area contributed by atoms with Crippen molar-refractivity contribution in [2.45, 2.75) is 58.0 Å². The average molecular weight is 216 g/mol. The van der Waals surface area contributed by atoms with Gasteiger partial charge in [-0.15, -0.1) is 0 Å². The minimum Gasteiger partial charge on any atom is -0.478 e. The summed E-state index contributed by atoms with van der Waals surface area (Å²) in [5.41, 5.74) is -2.03. The Morgan fingerprint density at radius 2 is 1.93 bits per heavy atom. The van der Waals surface area contributed by atoms with Gasteiger partial charge in [0, 0.05) is 0 Å². The summed E-state index contributed by atoms with van der Waals surface area (Å²) in [4.78, 5) is 10.7. The van der Waals surface area contributed by atoms with Gasteiger partial charge in [-0.05, 0) is 19.3 Å². The van der Waals surface area contributed by atoms with Gasteiger partial charge >= 0.3 is 5.97 Å². The van der Waals surface area contributed by atoms with Gasteiger partial charge in [0.2, 0.25) is 0 Å². The topological polar surface area (TPSA) is 37.3 Å². The molecule has 0 aliphatic rings. The van der Waals surface area contributed by atoms with Crippen LogP contribution in [0.5, 0.6) is 0 Å². The number of carboxylic acids is 1. The van der Waals surface area contributed by atoms with E-state index in [-0.39, 0.29) is 18.4 Å². The molecule has 0 bridgehead atoms. The largest absolute Gasteiger partial charge is 0.478 e. The van der Waals surface area contributed by atoms with Gasteiger partial charge in [0.05, 0.1) is 5.57 Å². The molecule has 1 atom stereocenters. The van der Waals surface area contributed by atoms with Crippen LogP contribution in [0.15, 0.2) is 12.2 Å². The number of hydrogen-bond donors (Lipinski definition) is 1. The van der Waals surface area contributed by atoms with Crippen molar-refractivity contribution in [1.29, 1.82) is 0 Å². The summed E-state index contributed by atoms with van der Waals surface area (Å²) in [5.74, 6) is -1.23. The van der Waals surface area contributed by atoms with Crippen molar-refractivity contribution in [3.63, 3.8) is 0 Å². The molecule has 0 saturated heterocycles. The lowest BCUT2D eigenvalue weighted by Crippen LogP contribution is -2.28. The Balaban J connectivity index is 4.19. The van der Waals surface area contributed by atoms with Gasteiger partial charge in [-0.2, -0.15) is 0 Å². The van der Waals surface area contributed by atoms with Crippen LogP contribution in [0, 0.1) is 0 Å². The monoisotopic (exact) mass is 216 g/mol. The molecule has 2 nitrogen and oxygen atoms in total. The molecule has 1 N–H and O–H groups in total. The van der Waals surface area contributed by atoms with Crippen LogP contribution in [-0.2, 0) is 4.79 Å². The zero-order chi connectivity index (χ0) is 11.9. The van der Waals surface area contributed by atoms with E-state index >= 15 is 0 Å². The number of rotatable bonds is 8. The first-order valence-corrected chi connectivity index (χ1v) is 5.59. The molecule has 15 heavy (non-hydrogen) atoms. The second-order valence-corrected chi connectivity index (χ2v) is 3.91. The number of carboxylic acid groups (broad SMARTS) is 1. The first kappa shape index (κ1) is 14.1. The minimum absolute atomic E-state index is 0.185. The van der Waals surface area contributed by atoms with Gasteiger partial charge < -0.3 is 5.11 Å². The highest BCUT2D eigenvalue weighted by Crippen LogP contribution is 2.31. The van der Waals surface area contributed by atoms with E-state index < -0.39 is 11.6 Å². The molecule has 0 aliphatic carbocycles. The molecule has 88 valence electrons. The number of alkyl halides is 1. The molecule has 0 heterocycles. The highest BCUT2D eigenvalue weighted by atomic mass is 19.1. The van der Waals surface area contributed by atoms with Crippen LogP contribution in [0.3, 0.4) is 0 Å². The molecule has 1 unspecified atom stereocenters. The fraction of sp³-hybridized carbons (Fsp3) is 0.750. The molecular formula is C12H21FO2. The van der Waals surface area contributed by atoms with Crippen LogP contribution in [-0.4, -0.2) is 16.7 Å². The Kier molecular flexibility index (Phi) is 6.21. The van der Waals surface area contributed by atoms with Crippen LogP contribution in [0.25, 0.3) is 0 Å². The summed E-state index contributed by atoms with van der Waals surface area (Å²) in [6.07, 6.45) is 4.29. The Morgan fingerprint density at radius 3 is 2.33 bits per heavy atom. The molecule has 0 aromatic rings. The SMILES string of the molecule is C=C(C(=O)O)C(F)(CC)CCCCCC. The lowest BCUT2D eigenvalue weighted by Gasteiger charge is -2.23. The van der Waals surface area contributed by atoms with Crippen LogP contribution in [0.2, 0.25) is 0 Å². The fourth-order valence-electron chi connectivity index (χ4n) is 1.56. The lowest BCUT2D eigenvalue weighted by atomic mass is 9.88. The third-order valence-electron chi connectivity index (χ3n) is 2.79. The molecule has 0 spiro atoms. The van der Waals surface area contributed by atoms with Crippen LogP contribution in [0.4, 0.5) is 4.39 Å². The molecule has 0 rings (SSSR count). The predicted octanol–water partition coefficient (Wildman–Crippen LogP) is 3.72. The number of aliphatic carboxylic acids is 1. The van der Waals surface area contributed by atoms with Crippen molar-refractivity contribution in [2.24, 2.45) is 0 Å². The summed E-state index contributed by atoms with van der Waals surface area (Å²) in [6, 6.07) is 0. The zero-order valence-electron chi connectivity index (χ0n) is 9.68. The van der Waals surface area contributed by atoms with Crippen molar-refractivity contribution in [2.75, 3.05) is 0 Å². The predicted molar refractivity (Wildman–Crippen MR) is 59.7 cm³/mol. The number of halogens is 1. The maximum Gasteiger partial charge on any atom is 0.334 e.